The minimum Gasteiger partial charge on any atom is -0.462 e. The molecule has 5 nitrogen and oxygen atoms in total. The van der Waals surface area contributed by atoms with Gasteiger partial charge in [0.25, 0.3) is 0 Å². The zero-order valence-corrected chi connectivity index (χ0v) is 15.8. The molecule has 0 aliphatic heterocycles. The lowest BCUT2D eigenvalue weighted by Gasteiger charge is -2.17. The van der Waals surface area contributed by atoms with Gasteiger partial charge >= 0.3 is 5.97 Å². The predicted molar refractivity (Wildman–Crippen MR) is 99.5 cm³/mol. The van der Waals surface area contributed by atoms with Gasteiger partial charge in [0.05, 0.1) is 28.9 Å². The number of aryl methyl sites for hydroxylation is 1. The Morgan fingerprint density at radius 3 is 2.45 bits per heavy atom. The van der Waals surface area contributed by atoms with Gasteiger partial charge in [-0.2, -0.15) is 0 Å². The number of carbonyl (C=O) groups is 1. The zero-order valence-electron chi connectivity index (χ0n) is 15.1. The third kappa shape index (κ3) is 3.21. The summed E-state index contributed by atoms with van der Waals surface area (Å²) in [6, 6.07) is 1.34. The highest BCUT2D eigenvalue weighted by molar-refractivity contribution is 6.35. The van der Waals surface area contributed by atoms with Crippen LogP contribution in [0.3, 0.4) is 0 Å². The standard InChI is InChI=1S/C19H13ClF4N2O3/c1-3-29-19(28)8-6-26(12-5-11(25)9(21)4-10(12)22)17-13(18(8)27)7(2)15(23)16(24)14(17)20/h4-6H,3,25H2,1-2H3. The first kappa shape index (κ1) is 20.7. The number of esters is 1. The number of hydrogen-bond acceptors (Lipinski definition) is 4. The Balaban J connectivity index is 2.59. The van der Waals surface area contributed by atoms with Gasteiger partial charge in [0, 0.05) is 17.8 Å². The van der Waals surface area contributed by atoms with E-state index in [1.54, 1.807) is 0 Å². The molecule has 2 aromatic carbocycles. The molecule has 1 aromatic heterocycles. The van der Waals surface area contributed by atoms with Crippen molar-refractivity contribution in [1.82, 2.24) is 4.57 Å². The molecule has 2 N–H and O–H groups in total. The lowest BCUT2D eigenvalue weighted by molar-refractivity contribution is 0.0524. The third-order valence-electron chi connectivity index (χ3n) is 4.33. The highest BCUT2D eigenvalue weighted by Gasteiger charge is 2.26. The van der Waals surface area contributed by atoms with Crippen LogP contribution in [-0.4, -0.2) is 17.1 Å². The van der Waals surface area contributed by atoms with Gasteiger partial charge < -0.3 is 15.0 Å². The smallest absolute Gasteiger partial charge is 0.343 e. The van der Waals surface area contributed by atoms with Gasteiger partial charge in [0.15, 0.2) is 11.6 Å². The fourth-order valence-electron chi connectivity index (χ4n) is 2.94. The second-order valence-electron chi connectivity index (χ2n) is 6.08. The molecule has 0 unspecified atom stereocenters. The molecule has 0 amide bonds. The Morgan fingerprint density at radius 1 is 1.17 bits per heavy atom. The maximum atomic E-state index is 14.5. The van der Waals surface area contributed by atoms with Crippen LogP contribution in [0, 0.1) is 30.2 Å². The monoisotopic (exact) mass is 428 g/mol. The summed E-state index contributed by atoms with van der Waals surface area (Å²) in [5, 5.41) is -1.28. The number of ether oxygens (including phenoxy) is 1. The number of halogens is 5. The first-order valence-electron chi connectivity index (χ1n) is 8.24. The van der Waals surface area contributed by atoms with Crippen molar-refractivity contribution >= 4 is 34.2 Å². The highest BCUT2D eigenvalue weighted by atomic mass is 35.5. The number of fused-ring (bicyclic) bond motifs is 1. The molecule has 10 heteroatoms. The SMILES string of the molecule is CCOC(=O)c1cn(-c2cc(N)c(F)cc2F)c2c(Cl)c(F)c(F)c(C)c2c1=O. The molecule has 0 spiro atoms. The summed E-state index contributed by atoms with van der Waals surface area (Å²) in [5.74, 6) is -6.13. The van der Waals surface area contributed by atoms with Crippen LogP contribution in [0.4, 0.5) is 23.2 Å². The number of anilines is 1. The van der Waals surface area contributed by atoms with Crippen LogP contribution in [0.25, 0.3) is 16.6 Å². The van der Waals surface area contributed by atoms with E-state index in [0.29, 0.717) is 6.07 Å². The van der Waals surface area contributed by atoms with Crippen molar-refractivity contribution in [3.8, 4) is 5.69 Å². The normalized spacial score (nSPS) is 11.1. The van der Waals surface area contributed by atoms with Crippen molar-refractivity contribution in [3.05, 3.63) is 68.0 Å². The molecule has 0 saturated carbocycles. The molecule has 152 valence electrons. The molecular formula is C19H13ClF4N2O3. The Bertz CT molecular complexity index is 1240. The zero-order chi connectivity index (χ0) is 21.6. The lowest BCUT2D eigenvalue weighted by Crippen LogP contribution is -2.22. The number of pyridine rings is 1. The summed E-state index contributed by atoms with van der Waals surface area (Å²) in [6.07, 6.45) is 0.862. The Labute approximate surface area is 166 Å². The van der Waals surface area contributed by atoms with Crippen LogP contribution < -0.4 is 11.2 Å². The molecule has 3 aromatic rings. The van der Waals surface area contributed by atoms with Crippen molar-refractivity contribution in [3.63, 3.8) is 0 Å². The first-order chi connectivity index (χ1) is 13.6. The quantitative estimate of drug-likeness (QED) is 0.293. The fourth-order valence-corrected chi connectivity index (χ4v) is 3.20. The van der Waals surface area contributed by atoms with E-state index >= 15 is 0 Å². The van der Waals surface area contributed by atoms with E-state index in [4.69, 9.17) is 22.1 Å². The average Bonchev–Trinajstić information content (AvgIpc) is 2.67. The fraction of sp³-hybridized carbons (Fsp3) is 0.158. The minimum absolute atomic E-state index is 0.0777. The van der Waals surface area contributed by atoms with E-state index in [-0.39, 0.29) is 6.61 Å². The van der Waals surface area contributed by atoms with Gasteiger partial charge in [-0.15, -0.1) is 0 Å². The molecule has 0 radical (unpaired) electrons. The lowest BCUT2D eigenvalue weighted by atomic mass is 10.0. The van der Waals surface area contributed by atoms with E-state index in [1.165, 1.54) is 6.92 Å². The molecule has 0 aliphatic carbocycles. The molecule has 0 atom stereocenters. The topological polar surface area (TPSA) is 74.3 Å². The minimum atomic E-state index is -1.47. The molecule has 3 rings (SSSR count). The summed E-state index contributed by atoms with van der Waals surface area (Å²) >= 11 is 5.93. The third-order valence-corrected chi connectivity index (χ3v) is 4.67. The van der Waals surface area contributed by atoms with Crippen molar-refractivity contribution in [1.29, 1.82) is 0 Å². The maximum absolute atomic E-state index is 14.5. The first-order valence-corrected chi connectivity index (χ1v) is 8.62. The van der Waals surface area contributed by atoms with Gasteiger partial charge in [0.1, 0.15) is 22.2 Å². The van der Waals surface area contributed by atoms with Crippen LogP contribution in [-0.2, 0) is 4.74 Å². The number of carbonyl (C=O) groups excluding carboxylic acids is 1. The number of benzene rings is 2. The molecule has 0 fully saturated rings. The van der Waals surface area contributed by atoms with E-state index in [9.17, 15) is 27.2 Å². The summed E-state index contributed by atoms with van der Waals surface area (Å²) in [6.45, 7) is 2.52. The van der Waals surface area contributed by atoms with Crippen LogP contribution in [0.5, 0.6) is 0 Å². The molecule has 0 bridgehead atoms. The molecule has 29 heavy (non-hydrogen) atoms. The number of rotatable bonds is 3. The van der Waals surface area contributed by atoms with Crippen molar-refractivity contribution < 1.29 is 27.1 Å². The Hall–Kier alpha value is -3.07. The van der Waals surface area contributed by atoms with E-state index < -0.39 is 73.1 Å². The van der Waals surface area contributed by atoms with E-state index in [0.717, 1.165) is 23.8 Å². The molecule has 0 saturated heterocycles. The van der Waals surface area contributed by atoms with Crippen LogP contribution >= 0.6 is 11.6 Å². The van der Waals surface area contributed by atoms with Gasteiger partial charge in [0.2, 0.25) is 5.43 Å². The number of hydrogen-bond donors (Lipinski definition) is 1. The molecule has 0 aliphatic rings. The second-order valence-corrected chi connectivity index (χ2v) is 6.46. The summed E-state index contributed by atoms with van der Waals surface area (Å²) in [5.41, 5.74) is 2.18. The van der Waals surface area contributed by atoms with Gasteiger partial charge in [-0.25, -0.2) is 22.4 Å². The maximum Gasteiger partial charge on any atom is 0.343 e. The molecule has 1 heterocycles. The number of nitrogens with two attached hydrogens (primary N) is 1. The molecular weight excluding hydrogens is 416 g/mol. The van der Waals surface area contributed by atoms with Crippen LogP contribution in [0.1, 0.15) is 22.8 Å². The Kier molecular flexibility index (Phi) is 5.27. The Morgan fingerprint density at radius 2 is 1.83 bits per heavy atom. The van der Waals surface area contributed by atoms with Crippen LogP contribution in [0.2, 0.25) is 5.02 Å². The largest absolute Gasteiger partial charge is 0.462 e. The van der Waals surface area contributed by atoms with Gasteiger partial charge in [-0.1, -0.05) is 11.6 Å². The van der Waals surface area contributed by atoms with Gasteiger partial charge in [-0.3, -0.25) is 4.79 Å². The van der Waals surface area contributed by atoms with Crippen molar-refractivity contribution in [2.45, 2.75) is 13.8 Å². The number of nitrogens with zero attached hydrogens (tertiary/aromatic N) is 1. The highest BCUT2D eigenvalue weighted by Crippen LogP contribution is 2.33. The average molecular weight is 429 g/mol. The summed E-state index contributed by atoms with van der Waals surface area (Å²) in [7, 11) is 0. The van der Waals surface area contributed by atoms with E-state index in [1.807, 2.05) is 0 Å². The number of nitrogen functional groups attached to an aromatic ring is 1. The van der Waals surface area contributed by atoms with Gasteiger partial charge in [-0.05, 0) is 19.9 Å². The van der Waals surface area contributed by atoms with Crippen LogP contribution in [0.15, 0.2) is 23.1 Å². The summed E-state index contributed by atoms with van der Waals surface area (Å²) < 4.78 is 62.3. The second kappa shape index (κ2) is 7.40. The van der Waals surface area contributed by atoms with E-state index in [2.05, 4.69) is 0 Å². The summed E-state index contributed by atoms with van der Waals surface area (Å²) in [4.78, 5) is 25.1. The van der Waals surface area contributed by atoms with Crippen molar-refractivity contribution in [2.24, 2.45) is 0 Å². The predicted octanol–water partition coefficient (Wildman–Crippen LogP) is 4.27. The van der Waals surface area contributed by atoms with Crippen molar-refractivity contribution in [2.75, 3.05) is 12.3 Å². The number of aromatic nitrogens is 1.